The van der Waals surface area contributed by atoms with Gasteiger partial charge >= 0.3 is 0 Å². The van der Waals surface area contributed by atoms with Gasteiger partial charge in [-0.1, -0.05) is 24.3 Å². The fourth-order valence-electron chi connectivity index (χ4n) is 4.29. The van der Waals surface area contributed by atoms with Crippen molar-refractivity contribution in [2.45, 2.75) is 12.1 Å². The minimum atomic E-state index is -0.761. The number of carbonyl (C=O) groups excluding carboxylic acids is 3. The number of nitrogens with zero attached hydrogens (tertiary/aromatic N) is 2. The summed E-state index contributed by atoms with van der Waals surface area (Å²) in [6.07, 6.45) is 0. The summed E-state index contributed by atoms with van der Waals surface area (Å²) in [4.78, 5) is 42.2. The Labute approximate surface area is 183 Å². The van der Waals surface area contributed by atoms with Gasteiger partial charge in [0, 0.05) is 30.3 Å². The third kappa shape index (κ3) is 3.57. The molecule has 2 fully saturated rings. The monoisotopic (exact) mass is 440 g/mol. The Kier molecular flexibility index (Phi) is 5.15. The van der Waals surface area contributed by atoms with Crippen molar-refractivity contribution in [1.82, 2.24) is 15.1 Å². The second kappa shape index (κ2) is 7.97. The molecule has 9 heteroatoms. The van der Waals surface area contributed by atoms with E-state index >= 15 is 0 Å². The molecule has 5 rings (SSSR count). The number of benzene rings is 2. The van der Waals surface area contributed by atoms with Gasteiger partial charge in [-0.3, -0.25) is 19.7 Å². The maximum absolute atomic E-state index is 14.3. The van der Waals surface area contributed by atoms with E-state index in [4.69, 9.17) is 0 Å². The first-order valence-electron chi connectivity index (χ1n) is 10.1. The number of thioether (sulfide) groups is 1. The van der Waals surface area contributed by atoms with E-state index in [2.05, 4.69) is 10.6 Å². The van der Waals surface area contributed by atoms with Crippen molar-refractivity contribution in [2.75, 3.05) is 36.6 Å². The van der Waals surface area contributed by atoms with Crippen LogP contribution in [0.3, 0.4) is 0 Å². The molecule has 1 unspecified atom stereocenters. The fraction of sp³-hybridized carbons (Fsp3) is 0.318. The zero-order valence-electron chi connectivity index (χ0n) is 16.6. The number of carbonyl (C=O) groups is 3. The summed E-state index contributed by atoms with van der Waals surface area (Å²) in [6.45, 7) is 0.804. The lowest BCUT2D eigenvalue weighted by Gasteiger charge is -2.40. The van der Waals surface area contributed by atoms with E-state index in [0.29, 0.717) is 34.7 Å². The normalized spacial score (nSPS) is 23.1. The summed E-state index contributed by atoms with van der Waals surface area (Å²) >= 11 is 1.66. The second-order valence-electron chi connectivity index (χ2n) is 7.80. The van der Waals surface area contributed by atoms with Gasteiger partial charge in [0.25, 0.3) is 5.91 Å². The van der Waals surface area contributed by atoms with Gasteiger partial charge in [-0.15, -0.1) is 11.8 Å². The summed E-state index contributed by atoms with van der Waals surface area (Å²) in [5.74, 6) is 0.414. The van der Waals surface area contributed by atoms with Crippen LogP contribution in [0.25, 0.3) is 11.1 Å². The Hall–Kier alpha value is -2.91. The first-order chi connectivity index (χ1) is 15.0. The molecule has 2 saturated heterocycles. The highest BCUT2D eigenvalue weighted by Gasteiger charge is 2.41. The van der Waals surface area contributed by atoms with E-state index in [0.717, 1.165) is 5.88 Å². The maximum atomic E-state index is 14.3. The number of halogens is 1. The van der Waals surface area contributed by atoms with Crippen LogP contribution in [0, 0.1) is 5.82 Å². The van der Waals surface area contributed by atoms with Crippen LogP contribution in [0.2, 0.25) is 0 Å². The van der Waals surface area contributed by atoms with E-state index in [1.54, 1.807) is 53.1 Å². The lowest BCUT2D eigenvalue weighted by molar-refractivity contribution is -0.137. The Morgan fingerprint density at radius 1 is 1.10 bits per heavy atom. The summed E-state index contributed by atoms with van der Waals surface area (Å²) in [6, 6.07) is 10.3. The van der Waals surface area contributed by atoms with Crippen LogP contribution >= 0.6 is 11.8 Å². The number of rotatable bonds is 2. The Morgan fingerprint density at radius 3 is 2.71 bits per heavy atom. The average molecular weight is 441 g/mol. The molecule has 0 aromatic heterocycles. The van der Waals surface area contributed by atoms with Crippen LogP contribution in [-0.2, 0) is 9.59 Å². The zero-order valence-corrected chi connectivity index (χ0v) is 17.5. The molecule has 0 bridgehead atoms. The predicted octanol–water partition coefficient (Wildman–Crippen LogP) is 1.76. The second-order valence-corrected chi connectivity index (χ2v) is 8.83. The van der Waals surface area contributed by atoms with Gasteiger partial charge in [0.1, 0.15) is 11.9 Å². The highest BCUT2D eigenvalue weighted by Crippen LogP contribution is 2.31. The number of piperazine rings is 1. The Morgan fingerprint density at radius 2 is 1.94 bits per heavy atom. The molecule has 2 aromatic carbocycles. The quantitative estimate of drug-likeness (QED) is 0.744. The molecule has 2 N–H and O–H groups in total. The summed E-state index contributed by atoms with van der Waals surface area (Å²) in [5.41, 5.74) is 1.68. The van der Waals surface area contributed by atoms with Crippen LogP contribution in [0.5, 0.6) is 0 Å². The topological polar surface area (TPSA) is 81.8 Å². The lowest BCUT2D eigenvalue weighted by Crippen LogP contribution is -2.61. The minimum Gasteiger partial charge on any atom is -0.337 e. The zero-order chi connectivity index (χ0) is 21.5. The predicted molar refractivity (Wildman–Crippen MR) is 116 cm³/mol. The highest BCUT2D eigenvalue weighted by atomic mass is 32.2. The van der Waals surface area contributed by atoms with E-state index in [9.17, 15) is 18.8 Å². The van der Waals surface area contributed by atoms with E-state index in [-0.39, 0.29) is 42.7 Å². The molecular formula is C22H21FN4O3S. The molecule has 2 aromatic rings. The molecule has 0 radical (unpaired) electrons. The third-order valence-corrected chi connectivity index (χ3v) is 6.90. The lowest BCUT2D eigenvalue weighted by atomic mass is 10.0. The average Bonchev–Trinajstić information content (AvgIpc) is 3.30. The molecule has 0 aliphatic carbocycles. The smallest absolute Gasteiger partial charge is 0.256 e. The van der Waals surface area contributed by atoms with Gasteiger partial charge in [0.2, 0.25) is 11.8 Å². The van der Waals surface area contributed by atoms with Crippen LogP contribution in [0.1, 0.15) is 10.4 Å². The Bertz CT molecular complexity index is 1070. The molecular weight excluding hydrogens is 419 g/mol. The molecule has 3 aliphatic heterocycles. The number of amides is 3. The van der Waals surface area contributed by atoms with E-state index < -0.39 is 6.04 Å². The van der Waals surface area contributed by atoms with Crippen molar-refractivity contribution >= 4 is 35.2 Å². The molecule has 2 atom stereocenters. The van der Waals surface area contributed by atoms with E-state index in [1.165, 1.54) is 11.0 Å². The molecule has 3 aliphatic rings. The van der Waals surface area contributed by atoms with Gasteiger partial charge in [-0.25, -0.2) is 4.39 Å². The number of fused-ring (bicyclic) bond motifs is 2. The molecule has 0 spiro atoms. The van der Waals surface area contributed by atoms with Crippen LogP contribution in [0.15, 0.2) is 42.5 Å². The number of anilines is 1. The van der Waals surface area contributed by atoms with Crippen molar-refractivity contribution in [3.8, 4) is 11.1 Å². The minimum absolute atomic E-state index is 0.0338. The van der Waals surface area contributed by atoms with Crippen molar-refractivity contribution in [1.29, 1.82) is 0 Å². The van der Waals surface area contributed by atoms with Gasteiger partial charge in [0.05, 0.1) is 23.8 Å². The first kappa shape index (κ1) is 20.0. The number of nitrogens with one attached hydrogen (secondary N) is 2. The van der Waals surface area contributed by atoms with Crippen LogP contribution in [-0.4, -0.2) is 70.9 Å². The maximum Gasteiger partial charge on any atom is 0.256 e. The summed E-state index contributed by atoms with van der Waals surface area (Å²) < 4.78 is 14.3. The molecule has 3 amide bonds. The Balaban J connectivity index is 1.43. The van der Waals surface area contributed by atoms with Crippen molar-refractivity contribution < 1.29 is 18.8 Å². The van der Waals surface area contributed by atoms with Crippen LogP contribution in [0.4, 0.5) is 10.1 Å². The van der Waals surface area contributed by atoms with Crippen molar-refractivity contribution in [3.63, 3.8) is 0 Å². The standard InChI is InChI=1S/C22H21FN4O3S/c23-16-4-2-1-3-14(16)13-5-6-17-15(9-13)21(29)27-8-7-26(10-19(27)20(28)25-17)22(30)18-11-31-12-24-18/h1-6,9,18-19,24H,7-8,10-12H2,(H,25,28)/t18-,19?/m0/s1. The molecule has 7 nitrogen and oxygen atoms in total. The number of hydrogen-bond acceptors (Lipinski definition) is 5. The largest absolute Gasteiger partial charge is 0.337 e. The SMILES string of the molecule is O=C1Nc2ccc(-c3ccccc3F)cc2C(=O)N2CCN(C(=O)[C@@H]3CSCN3)CC12. The molecule has 3 heterocycles. The van der Waals surface area contributed by atoms with Gasteiger partial charge in [-0.2, -0.15) is 0 Å². The van der Waals surface area contributed by atoms with Crippen molar-refractivity contribution in [3.05, 3.63) is 53.8 Å². The molecule has 160 valence electrons. The first-order valence-corrected chi connectivity index (χ1v) is 11.3. The van der Waals surface area contributed by atoms with Crippen molar-refractivity contribution in [2.24, 2.45) is 0 Å². The molecule has 0 saturated carbocycles. The molecule has 31 heavy (non-hydrogen) atoms. The van der Waals surface area contributed by atoms with E-state index in [1.807, 2.05) is 0 Å². The van der Waals surface area contributed by atoms with Gasteiger partial charge in [-0.05, 0) is 23.8 Å². The van der Waals surface area contributed by atoms with Gasteiger partial charge < -0.3 is 15.1 Å². The van der Waals surface area contributed by atoms with Crippen LogP contribution < -0.4 is 10.6 Å². The highest BCUT2D eigenvalue weighted by molar-refractivity contribution is 7.99. The fourth-order valence-corrected chi connectivity index (χ4v) is 5.22. The summed E-state index contributed by atoms with van der Waals surface area (Å²) in [5, 5.41) is 5.98. The summed E-state index contributed by atoms with van der Waals surface area (Å²) in [7, 11) is 0. The number of hydrogen-bond donors (Lipinski definition) is 2. The van der Waals surface area contributed by atoms with Gasteiger partial charge in [0.15, 0.2) is 0 Å². The third-order valence-electron chi connectivity index (χ3n) is 5.96.